The fourth-order valence-corrected chi connectivity index (χ4v) is 2.35. The van der Waals surface area contributed by atoms with Crippen LogP contribution in [0.15, 0.2) is 0 Å². The largest absolute Gasteiger partial charge is 0.314 e. The zero-order chi connectivity index (χ0) is 11.1. The summed E-state index contributed by atoms with van der Waals surface area (Å²) in [6.45, 7) is 14.1. The van der Waals surface area contributed by atoms with Crippen LogP contribution in [0.5, 0.6) is 0 Å². The Morgan fingerprint density at radius 3 is 2.13 bits per heavy atom. The molecular formula is C12H27N3. The summed E-state index contributed by atoms with van der Waals surface area (Å²) in [5, 5.41) is 3.41. The summed E-state index contributed by atoms with van der Waals surface area (Å²) < 4.78 is 0. The molecule has 1 atom stereocenters. The molecule has 0 aromatic rings. The Bertz CT molecular complexity index is 149. The molecule has 1 unspecified atom stereocenters. The molecule has 0 aromatic heterocycles. The number of piperazine rings is 1. The molecule has 1 aliphatic heterocycles. The molecule has 0 amide bonds. The van der Waals surface area contributed by atoms with Gasteiger partial charge in [-0.1, -0.05) is 13.8 Å². The van der Waals surface area contributed by atoms with Crippen molar-refractivity contribution in [3.05, 3.63) is 0 Å². The van der Waals surface area contributed by atoms with Crippen LogP contribution in [0.4, 0.5) is 0 Å². The van der Waals surface area contributed by atoms with Gasteiger partial charge in [-0.3, -0.25) is 9.80 Å². The number of nitrogens with zero attached hydrogens (tertiary/aromatic N) is 2. The summed E-state index contributed by atoms with van der Waals surface area (Å²) in [7, 11) is 0. The molecule has 0 spiro atoms. The normalized spacial score (nSPS) is 20.8. The van der Waals surface area contributed by atoms with Gasteiger partial charge in [-0.05, 0) is 32.9 Å². The van der Waals surface area contributed by atoms with Crippen LogP contribution >= 0.6 is 0 Å². The Labute approximate surface area is 94.8 Å². The van der Waals surface area contributed by atoms with E-state index in [-0.39, 0.29) is 0 Å². The lowest BCUT2D eigenvalue weighted by molar-refractivity contribution is 0.0458. The molecule has 1 N–H and O–H groups in total. The van der Waals surface area contributed by atoms with Crippen molar-refractivity contribution in [1.29, 1.82) is 0 Å². The quantitative estimate of drug-likeness (QED) is 0.719. The van der Waals surface area contributed by atoms with Gasteiger partial charge >= 0.3 is 0 Å². The lowest BCUT2D eigenvalue weighted by Gasteiger charge is -2.39. The van der Waals surface area contributed by atoms with Gasteiger partial charge in [0.25, 0.3) is 0 Å². The molecule has 3 nitrogen and oxygen atoms in total. The summed E-state index contributed by atoms with van der Waals surface area (Å²) in [6, 6.07) is 0. The van der Waals surface area contributed by atoms with Gasteiger partial charge < -0.3 is 5.32 Å². The van der Waals surface area contributed by atoms with Crippen molar-refractivity contribution in [2.45, 2.75) is 39.8 Å². The molecule has 90 valence electrons. The zero-order valence-corrected chi connectivity index (χ0v) is 10.6. The number of hydrogen-bond donors (Lipinski definition) is 1. The maximum atomic E-state index is 3.41. The molecule has 0 radical (unpaired) electrons. The highest BCUT2D eigenvalue weighted by molar-refractivity contribution is 4.74. The third-order valence-electron chi connectivity index (χ3n) is 3.23. The van der Waals surface area contributed by atoms with E-state index in [0.717, 1.165) is 13.1 Å². The molecule has 1 heterocycles. The second-order valence-electron chi connectivity index (χ2n) is 4.45. The highest BCUT2D eigenvalue weighted by Crippen LogP contribution is 2.08. The van der Waals surface area contributed by atoms with Crippen LogP contribution in [0.1, 0.15) is 33.6 Å². The lowest BCUT2D eigenvalue weighted by atomic mass is 10.2. The summed E-state index contributed by atoms with van der Waals surface area (Å²) in [6.07, 6.45) is 3.14. The van der Waals surface area contributed by atoms with E-state index in [9.17, 15) is 0 Å². The van der Waals surface area contributed by atoms with Gasteiger partial charge in [0.05, 0.1) is 6.17 Å². The molecule has 0 aliphatic carbocycles. The van der Waals surface area contributed by atoms with E-state index in [1.165, 1.54) is 39.0 Å². The molecule has 3 heteroatoms. The van der Waals surface area contributed by atoms with Crippen molar-refractivity contribution in [1.82, 2.24) is 15.1 Å². The maximum absolute atomic E-state index is 3.41. The Kier molecular flexibility index (Phi) is 6.22. The summed E-state index contributed by atoms with van der Waals surface area (Å²) in [5.41, 5.74) is 0. The summed E-state index contributed by atoms with van der Waals surface area (Å²) in [5.74, 6) is 0. The van der Waals surface area contributed by atoms with Gasteiger partial charge in [0.1, 0.15) is 0 Å². The lowest BCUT2D eigenvalue weighted by Crippen LogP contribution is -2.54. The predicted octanol–water partition coefficient (Wildman–Crippen LogP) is 1.36. The first kappa shape index (κ1) is 12.9. The molecule has 0 saturated carbocycles. The van der Waals surface area contributed by atoms with Crippen LogP contribution < -0.4 is 5.32 Å². The predicted molar refractivity (Wildman–Crippen MR) is 66.1 cm³/mol. The highest BCUT2D eigenvalue weighted by Gasteiger charge is 2.20. The Hall–Kier alpha value is -0.120. The van der Waals surface area contributed by atoms with Gasteiger partial charge in [0.2, 0.25) is 0 Å². The third-order valence-corrected chi connectivity index (χ3v) is 3.23. The maximum Gasteiger partial charge on any atom is 0.0594 e. The van der Waals surface area contributed by atoms with Crippen molar-refractivity contribution < 1.29 is 0 Å². The van der Waals surface area contributed by atoms with E-state index in [2.05, 4.69) is 35.9 Å². The fraction of sp³-hybridized carbons (Fsp3) is 1.00. The minimum atomic E-state index is 0.618. The first-order chi connectivity index (χ1) is 7.29. The van der Waals surface area contributed by atoms with Crippen LogP contribution in [-0.4, -0.2) is 55.2 Å². The Morgan fingerprint density at radius 1 is 1.13 bits per heavy atom. The fourth-order valence-electron chi connectivity index (χ4n) is 2.35. The van der Waals surface area contributed by atoms with Gasteiger partial charge in [-0.15, -0.1) is 0 Å². The first-order valence-electron chi connectivity index (χ1n) is 6.48. The SMILES string of the molecule is CCCN(CCC)C(C)N1CCNCC1. The van der Waals surface area contributed by atoms with E-state index in [1.807, 2.05) is 0 Å². The Morgan fingerprint density at radius 2 is 1.67 bits per heavy atom. The van der Waals surface area contributed by atoms with Gasteiger partial charge in [-0.25, -0.2) is 0 Å². The Balaban J connectivity index is 2.41. The molecule has 1 rings (SSSR count). The van der Waals surface area contributed by atoms with Crippen LogP contribution in [0, 0.1) is 0 Å². The standard InChI is InChI=1S/C12H27N3/c1-4-8-14(9-5-2)12(3)15-10-6-13-7-11-15/h12-13H,4-11H2,1-3H3. The summed E-state index contributed by atoms with van der Waals surface area (Å²) in [4.78, 5) is 5.22. The highest BCUT2D eigenvalue weighted by atomic mass is 15.4. The van der Waals surface area contributed by atoms with Crippen molar-refractivity contribution in [2.24, 2.45) is 0 Å². The van der Waals surface area contributed by atoms with Gasteiger partial charge in [-0.2, -0.15) is 0 Å². The first-order valence-corrected chi connectivity index (χ1v) is 6.48. The molecule has 15 heavy (non-hydrogen) atoms. The number of hydrogen-bond acceptors (Lipinski definition) is 3. The van der Waals surface area contributed by atoms with Crippen molar-refractivity contribution in [2.75, 3.05) is 39.3 Å². The van der Waals surface area contributed by atoms with E-state index >= 15 is 0 Å². The van der Waals surface area contributed by atoms with E-state index in [0.29, 0.717) is 6.17 Å². The summed E-state index contributed by atoms with van der Waals surface area (Å²) >= 11 is 0. The second kappa shape index (κ2) is 7.20. The van der Waals surface area contributed by atoms with Crippen LogP contribution in [0.3, 0.4) is 0 Å². The average Bonchev–Trinajstić information content (AvgIpc) is 2.29. The second-order valence-corrected chi connectivity index (χ2v) is 4.45. The van der Waals surface area contributed by atoms with Crippen LogP contribution in [0.25, 0.3) is 0 Å². The monoisotopic (exact) mass is 213 g/mol. The molecule has 1 fully saturated rings. The van der Waals surface area contributed by atoms with Gasteiger partial charge in [0, 0.05) is 26.2 Å². The van der Waals surface area contributed by atoms with E-state index in [1.54, 1.807) is 0 Å². The smallest absolute Gasteiger partial charge is 0.0594 e. The zero-order valence-electron chi connectivity index (χ0n) is 10.6. The average molecular weight is 213 g/mol. The molecule has 0 bridgehead atoms. The third kappa shape index (κ3) is 4.09. The van der Waals surface area contributed by atoms with Gasteiger partial charge in [0.15, 0.2) is 0 Å². The van der Waals surface area contributed by atoms with E-state index < -0.39 is 0 Å². The molecule has 0 aromatic carbocycles. The van der Waals surface area contributed by atoms with Crippen LogP contribution in [-0.2, 0) is 0 Å². The van der Waals surface area contributed by atoms with Crippen molar-refractivity contribution in [3.63, 3.8) is 0 Å². The van der Waals surface area contributed by atoms with E-state index in [4.69, 9.17) is 0 Å². The minimum Gasteiger partial charge on any atom is -0.314 e. The van der Waals surface area contributed by atoms with Crippen molar-refractivity contribution >= 4 is 0 Å². The molecule has 1 saturated heterocycles. The number of rotatable bonds is 6. The van der Waals surface area contributed by atoms with Crippen LogP contribution in [0.2, 0.25) is 0 Å². The number of nitrogens with one attached hydrogen (secondary N) is 1. The molecule has 1 aliphatic rings. The minimum absolute atomic E-state index is 0.618. The topological polar surface area (TPSA) is 18.5 Å². The molecular weight excluding hydrogens is 186 g/mol. The van der Waals surface area contributed by atoms with Crippen molar-refractivity contribution in [3.8, 4) is 0 Å².